The van der Waals surface area contributed by atoms with E-state index in [0.717, 1.165) is 0 Å². The van der Waals surface area contributed by atoms with E-state index in [4.69, 9.17) is 17.2 Å². The van der Waals surface area contributed by atoms with Gasteiger partial charge in [0.1, 0.15) is 0 Å². The van der Waals surface area contributed by atoms with Crippen LogP contribution >= 0.6 is 0 Å². The molecule has 0 rings (SSSR count). The maximum Gasteiger partial charge on any atom is 3.00 e. The standard InChI is InChI=1S/3C6H13NO2.Cr/c3*1-4(2)3-5(7)6(8)9;/h3*4-5H,3,7H2,1-2H3,(H,8,9);/q;;;+3/p-3/t3*5-;/m000./s1. The minimum absolute atomic E-state index is 0. The summed E-state index contributed by atoms with van der Waals surface area (Å²) in [7, 11) is 0. The number of nitrogens with two attached hydrogens (primary N) is 3. The zero-order chi connectivity index (χ0) is 22.3. The first-order valence-electron chi connectivity index (χ1n) is 9.00. The minimum Gasteiger partial charge on any atom is -0.548 e. The van der Waals surface area contributed by atoms with E-state index in [9.17, 15) is 29.7 Å². The van der Waals surface area contributed by atoms with Crippen LogP contribution in [0.4, 0.5) is 0 Å². The summed E-state index contributed by atoms with van der Waals surface area (Å²) in [4.78, 5) is 30.0. The molecule has 0 aromatic carbocycles. The van der Waals surface area contributed by atoms with Gasteiger partial charge in [0.2, 0.25) is 0 Å². The van der Waals surface area contributed by atoms with Crippen molar-refractivity contribution in [3.05, 3.63) is 0 Å². The van der Waals surface area contributed by atoms with Crippen LogP contribution in [0.2, 0.25) is 0 Å². The third-order valence-corrected chi connectivity index (χ3v) is 3.08. The first-order valence-corrected chi connectivity index (χ1v) is 9.00. The van der Waals surface area contributed by atoms with E-state index in [2.05, 4.69) is 0 Å². The van der Waals surface area contributed by atoms with Crippen molar-refractivity contribution in [3.8, 4) is 0 Å². The van der Waals surface area contributed by atoms with Gasteiger partial charge in [0.15, 0.2) is 0 Å². The third kappa shape index (κ3) is 27.0. The Morgan fingerprint density at radius 1 is 0.571 bits per heavy atom. The molecule has 0 unspecified atom stereocenters. The van der Waals surface area contributed by atoms with Gasteiger partial charge >= 0.3 is 17.4 Å². The van der Waals surface area contributed by atoms with E-state index in [1.807, 2.05) is 41.5 Å². The largest absolute Gasteiger partial charge is 3.00 e. The number of carboxylic acid groups (broad SMARTS) is 3. The first-order chi connectivity index (χ1) is 12.1. The van der Waals surface area contributed by atoms with Crippen LogP contribution in [0, 0.1) is 17.8 Å². The second kappa shape index (κ2) is 19.2. The van der Waals surface area contributed by atoms with Crippen LogP contribution in [0.1, 0.15) is 60.8 Å². The summed E-state index contributed by atoms with van der Waals surface area (Å²) in [5, 5.41) is 30.0. The van der Waals surface area contributed by atoms with E-state index in [1.54, 1.807) is 0 Å². The van der Waals surface area contributed by atoms with Crippen LogP contribution in [0.15, 0.2) is 0 Å². The van der Waals surface area contributed by atoms with Crippen LogP contribution in [0.3, 0.4) is 0 Å². The molecule has 165 valence electrons. The molecule has 0 saturated carbocycles. The van der Waals surface area contributed by atoms with Crippen molar-refractivity contribution >= 4 is 17.9 Å². The summed E-state index contributed by atoms with van der Waals surface area (Å²) in [6.45, 7) is 11.5. The van der Waals surface area contributed by atoms with Gasteiger partial charge in [0.25, 0.3) is 0 Å². The normalized spacial score (nSPS) is 13.3. The number of carbonyl (C=O) groups excluding carboxylic acids is 3. The molecule has 0 aromatic rings. The Labute approximate surface area is 179 Å². The average Bonchev–Trinajstić information content (AvgIpc) is 2.46. The summed E-state index contributed by atoms with van der Waals surface area (Å²) in [6.07, 6.45) is 1.47. The zero-order valence-electron chi connectivity index (χ0n) is 17.7. The van der Waals surface area contributed by atoms with Crippen LogP contribution in [0.5, 0.6) is 0 Å². The summed E-state index contributed by atoms with van der Waals surface area (Å²) < 4.78 is 0. The molecule has 0 bridgehead atoms. The summed E-state index contributed by atoms with van der Waals surface area (Å²) in [5.41, 5.74) is 15.5. The van der Waals surface area contributed by atoms with Crippen molar-refractivity contribution in [3.63, 3.8) is 0 Å². The molecule has 0 amide bonds. The molecule has 0 aliphatic rings. The number of hydrogen-bond donors (Lipinski definition) is 3. The molecule has 3 atom stereocenters. The number of hydrogen-bond acceptors (Lipinski definition) is 9. The van der Waals surface area contributed by atoms with E-state index in [1.165, 1.54) is 0 Å². The van der Waals surface area contributed by atoms with Gasteiger partial charge < -0.3 is 46.9 Å². The number of rotatable bonds is 9. The molecule has 10 heteroatoms. The average molecular weight is 442 g/mol. The fourth-order valence-electron chi connectivity index (χ4n) is 1.81. The van der Waals surface area contributed by atoms with Gasteiger partial charge in [-0.2, -0.15) is 0 Å². The Balaban J connectivity index is -0.000000152. The molecule has 1 radical (unpaired) electrons. The van der Waals surface area contributed by atoms with E-state index in [-0.39, 0.29) is 17.4 Å². The predicted octanol–water partition coefficient (Wildman–Crippen LogP) is -2.67. The molecular weight excluding hydrogens is 406 g/mol. The van der Waals surface area contributed by atoms with Gasteiger partial charge in [-0.05, 0) is 37.0 Å². The van der Waals surface area contributed by atoms with Gasteiger partial charge in [-0.1, -0.05) is 41.5 Å². The molecule has 0 aromatic heterocycles. The van der Waals surface area contributed by atoms with Crippen molar-refractivity contribution in [2.45, 2.75) is 78.9 Å². The van der Waals surface area contributed by atoms with Gasteiger partial charge in [0, 0.05) is 18.1 Å². The van der Waals surface area contributed by atoms with Crippen LogP contribution in [-0.2, 0) is 31.7 Å². The molecular formula is C18H36CrN3O6. The summed E-state index contributed by atoms with van der Waals surface area (Å²) in [6, 6.07) is -2.40. The van der Waals surface area contributed by atoms with Crippen molar-refractivity contribution < 1.29 is 47.1 Å². The van der Waals surface area contributed by atoms with Crippen molar-refractivity contribution in [2.24, 2.45) is 35.0 Å². The fourth-order valence-corrected chi connectivity index (χ4v) is 1.81. The van der Waals surface area contributed by atoms with E-state index >= 15 is 0 Å². The molecule has 0 spiro atoms. The number of carbonyl (C=O) groups is 3. The third-order valence-electron chi connectivity index (χ3n) is 3.08. The molecule has 6 N–H and O–H groups in total. The fraction of sp³-hybridized carbons (Fsp3) is 0.833. The smallest absolute Gasteiger partial charge is 0.548 e. The second-order valence-electron chi connectivity index (χ2n) is 7.67. The molecule has 28 heavy (non-hydrogen) atoms. The van der Waals surface area contributed by atoms with Crippen molar-refractivity contribution in [2.75, 3.05) is 0 Å². The second-order valence-corrected chi connectivity index (χ2v) is 7.67. The predicted molar refractivity (Wildman–Crippen MR) is 97.3 cm³/mol. The van der Waals surface area contributed by atoms with Gasteiger partial charge in [-0.15, -0.1) is 0 Å². The molecule has 0 fully saturated rings. The van der Waals surface area contributed by atoms with Crippen LogP contribution in [-0.4, -0.2) is 36.0 Å². The molecule has 0 aliphatic carbocycles. The molecule has 9 nitrogen and oxygen atoms in total. The maximum atomic E-state index is 10.00. The van der Waals surface area contributed by atoms with Gasteiger partial charge in [-0.25, -0.2) is 0 Å². The zero-order valence-corrected chi connectivity index (χ0v) is 19.0. The minimum atomic E-state index is -1.16. The van der Waals surface area contributed by atoms with Gasteiger partial charge in [0.05, 0.1) is 17.9 Å². The SMILES string of the molecule is CC(C)C[C@H](N)C(=O)[O-].CC(C)C[C@H](N)C(=O)[O-].CC(C)C[C@H](N)C(=O)[O-].[Cr+3]. The molecule has 0 heterocycles. The Hall–Kier alpha value is -1.18. The maximum absolute atomic E-state index is 10.00. The van der Waals surface area contributed by atoms with Crippen molar-refractivity contribution in [1.29, 1.82) is 0 Å². The Morgan fingerprint density at radius 2 is 0.714 bits per heavy atom. The van der Waals surface area contributed by atoms with E-state index < -0.39 is 36.0 Å². The first kappa shape index (κ1) is 34.3. The quantitative estimate of drug-likeness (QED) is 0.340. The topological polar surface area (TPSA) is 198 Å². The van der Waals surface area contributed by atoms with Crippen LogP contribution < -0.4 is 32.5 Å². The van der Waals surface area contributed by atoms with Crippen LogP contribution in [0.25, 0.3) is 0 Å². The van der Waals surface area contributed by atoms with Gasteiger partial charge in [-0.3, -0.25) is 0 Å². The number of aliphatic carboxylic acids is 3. The number of carboxylic acids is 3. The van der Waals surface area contributed by atoms with E-state index in [0.29, 0.717) is 37.0 Å². The Kier molecular flexibility index (Phi) is 23.5. The molecule has 0 aliphatic heterocycles. The monoisotopic (exact) mass is 442 g/mol. The van der Waals surface area contributed by atoms with Crippen molar-refractivity contribution in [1.82, 2.24) is 0 Å². The summed E-state index contributed by atoms with van der Waals surface area (Å²) in [5.74, 6) is -2.54. The molecule has 0 saturated heterocycles. The Morgan fingerprint density at radius 3 is 0.750 bits per heavy atom. The summed E-state index contributed by atoms with van der Waals surface area (Å²) >= 11 is 0. The Bertz CT molecular complexity index is 372.